The van der Waals surface area contributed by atoms with Crippen LogP contribution in [0, 0.1) is 0 Å². The first kappa shape index (κ1) is 18.2. The van der Waals surface area contributed by atoms with E-state index in [4.69, 9.17) is 4.74 Å². The zero-order chi connectivity index (χ0) is 18.8. The van der Waals surface area contributed by atoms with E-state index < -0.39 is 0 Å². The molecule has 0 amide bonds. The SMILES string of the molecule is CSc1ccc(OC2CCCCC2)c(-c2cn(C)c(=O)c3ccccc23)c1. The maximum Gasteiger partial charge on any atom is 0.258 e. The summed E-state index contributed by atoms with van der Waals surface area (Å²) < 4.78 is 8.14. The van der Waals surface area contributed by atoms with E-state index in [9.17, 15) is 4.79 Å². The lowest BCUT2D eigenvalue weighted by Gasteiger charge is -2.25. The van der Waals surface area contributed by atoms with Gasteiger partial charge in [0, 0.05) is 34.7 Å². The summed E-state index contributed by atoms with van der Waals surface area (Å²) in [5.41, 5.74) is 2.15. The number of aromatic nitrogens is 1. The number of rotatable bonds is 4. The largest absolute Gasteiger partial charge is 0.490 e. The smallest absolute Gasteiger partial charge is 0.258 e. The minimum Gasteiger partial charge on any atom is -0.490 e. The van der Waals surface area contributed by atoms with Crippen molar-refractivity contribution in [2.24, 2.45) is 7.05 Å². The fourth-order valence-corrected chi connectivity index (χ4v) is 4.38. The lowest BCUT2D eigenvalue weighted by molar-refractivity contribution is 0.155. The number of fused-ring (bicyclic) bond motifs is 1. The van der Waals surface area contributed by atoms with Crippen LogP contribution in [0.1, 0.15) is 32.1 Å². The van der Waals surface area contributed by atoms with Crippen molar-refractivity contribution in [2.45, 2.75) is 43.1 Å². The lowest BCUT2D eigenvalue weighted by atomic mass is 9.97. The molecule has 1 heterocycles. The summed E-state index contributed by atoms with van der Waals surface area (Å²) >= 11 is 1.72. The highest BCUT2D eigenvalue weighted by molar-refractivity contribution is 7.98. The first-order valence-electron chi connectivity index (χ1n) is 9.61. The third-order valence-electron chi connectivity index (χ3n) is 5.41. The summed E-state index contributed by atoms with van der Waals surface area (Å²) in [5.74, 6) is 0.920. The Morgan fingerprint density at radius 2 is 1.74 bits per heavy atom. The molecule has 1 aliphatic carbocycles. The van der Waals surface area contributed by atoms with Crippen LogP contribution in [0.5, 0.6) is 5.75 Å². The molecule has 3 nitrogen and oxygen atoms in total. The van der Waals surface area contributed by atoms with Gasteiger partial charge in [-0.05, 0) is 61.6 Å². The Hall–Kier alpha value is -2.20. The molecule has 0 atom stereocenters. The second-order valence-electron chi connectivity index (χ2n) is 7.24. The topological polar surface area (TPSA) is 31.2 Å². The molecule has 0 N–H and O–H groups in total. The van der Waals surface area contributed by atoms with Gasteiger partial charge >= 0.3 is 0 Å². The Labute approximate surface area is 164 Å². The zero-order valence-corrected chi connectivity index (χ0v) is 16.7. The Morgan fingerprint density at radius 1 is 1.00 bits per heavy atom. The zero-order valence-electron chi connectivity index (χ0n) is 15.9. The van der Waals surface area contributed by atoms with Crippen LogP contribution in [0.3, 0.4) is 0 Å². The van der Waals surface area contributed by atoms with E-state index in [1.807, 2.05) is 37.5 Å². The average Bonchev–Trinajstić information content (AvgIpc) is 2.72. The van der Waals surface area contributed by atoms with Crippen molar-refractivity contribution < 1.29 is 4.74 Å². The summed E-state index contributed by atoms with van der Waals surface area (Å²) in [5, 5.41) is 1.73. The van der Waals surface area contributed by atoms with Crippen molar-refractivity contribution in [1.82, 2.24) is 4.57 Å². The molecular formula is C23H25NO2S. The van der Waals surface area contributed by atoms with E-state index in [1.54, 1.807) is 16.3 Å². The van der Waals surface area contributed by atoms with Crippen LogP contribution in [0.15, 0.2) is 58.4 Å². The normalized spacial score (nSPS) is 15.2. The molecule has 0 saturated heterocycles. The molecule has 0 bridgehead atoms. The van der Waals surface area contributed by atoms with Crippen molar-refractivity contribution in [3.63, 3.8) is 0 Å². The third-order valence-corrected chi connectivity index (χ3v) is 6.14. The van der Waals surface area contributed by atoms with Gasteiger partial charge < -0.3 is 9.30 Å². The Kier molecular flexibility index (Phi) is 5.26. The van der Waals surface area contributed by atoms with Crippen LogP contribution in [0.25, 0.3) is 21.9 Å². The number of hydrogen-bond donors (Lipinski definition) is 0. The van der Waals surface area contributed by atoms with Crippen LogP contribution in [-0.4, -0.2) is 16.9 Å². The second-order valence-corrected chi connectivity index (χ2v) is 8.12. The van der Waals surface area contributed by atoms with Crippen molar-refractivity contribution in [1.29, 1.82) is 0 Å². The van der Waals surface area contributed by atoms with Crippen LogP contribution in [-0.2, 0) is 7.05 Å². The van der Waals surface area contributed by atoms with Crippen molar-refractivity contribution in [2.75, 3.05) is 6.26 Å². The number of nitrogens with zero attached hydrogens (tertiary/aromatic N) is 1. The summed E-state index contributed by atoms with van der Waals surface area (Å²) in [4.78, 5) is 13.8. The number of hydrogen-bond acceptors (Lipinski definition) is 3. The number of thioether (sulfide) groups is 1. The molecule has 4 heteroatoms. The van der Waals surface area contributed by atoms with Gasteiger partial charge in [0.25, 0.3) is 5.56 Å². The molecule has 1 fully saturated rings. The first-order chi connectivity index (χ1) is 13.2. The van der Waals surface area contributed by atoms with Gasteiger partial charge in [0.1, 0.15) is 5.75 Å². The summed E-state index contributed by atoms with van der Waals surface area (Å²) in [7, 11) is 1.82. The van der Waals surface area contributed by atoms with Gasteiger partial charge in [-0.25, -0.2) is 0 Å². The molecule has 140 valence electrons. The molecule has 0 spiro atoms. The quantitative estimate of drug-likeness (QED) is 0.550. The first-order valence-corrected chi connectivity index (χ1v) is 10.8. The molecule has 0 unspecified atom stereocenters. The van der Waals surface area contributed by atoms with Crippen molar-refractivity contribution >= 4 is 22.5 Å². The molecular weight excluding hydrogens is 354 g/mol. The predicted molar refractivity (Wildman–Crippen MR) is 114 cm³/mol. The van der Waals surface area contributed by atoms with E-state index >= 15 is 0 Å². The van der Waals surface area contributed by atoms with Crippen LogP contribution in [0.2, 0.25) is 0 Å². The summed E-state index contributed by atoms with van der Waals surface area (Å²) in [6.45, 7) is 0. The van der Waals surface area contributed by atoms with Gasteiger partial charge in [-0.3, -0.25) is 4.79 Å². The van der Waals surface area contributed by atoms with Crippen molar-refractivity contribution in [3.8, 4) is 16.9 Å². The van der Waals surface area contributed by atoms with E-state index in [0.717, 1.165) is 40.5 Å². The van der Waals surface area contributed by atoms with Gasteiger partial charge in [-0.1, -0.05) is 24.6 Å². The highest BCUT2D eigenvalue weighted by Gasteiger charge is 2.19. The van der Waals surface area contributed by atoms with Crippen LogP contribution >= 0.6 is 11.8 Å². The van der Waals surface area contributed by atoms with Crippen LogP contribution in [0.4, 0.5) is 0 Å². The van der Waals surface area contributed by atoms with Crippen LogP contribution < -0.4 is 10.3 Å². The van der Waals surface area contributed by atoms with Gasteiger partial charge in [-0.2, -0.15) is 0 Å². The second kappa shape index (κ2) is 7.81. The Morgan fingerprint density at radius 3 is 2.48 bits per heavy atom. The number of aryl methyl sites for hydroxylation is 1. The molecule has 1 aliphatic rings. The molecule has 1 saturated carbocycles. The molecule has 1 aromatic heterocycles. The van der Waals surface area contributed by atoms with Crippen molar-refractivity contribution in [3.05, 3.63) is 59.0 Å². The monoisotopic (exact) mass is 379 g/mol. The molecule has 2 aromatic carbocycles. The number of ether oxygens (including phenoxy) is 1. The minimum absolute atomic E-state index is 0.0325. The predicted octanol–water partition coefficient (Wildman–Crippen LogP) is 5.64. The fourth-order valence-electron chi connectivity index (χ4n) is 3.94. The third kappa shape index (κ3) is 3.63. The van der Waals surface area contributed by atoms with E-state index in [2.05, 4.69) is 24.5 Å². The molecule has 3 aromatic rings. The van der Waals surface area contributed by atoms with E-state index in [0.29, 0.717) is 0 Å². The molecule has 4 rings (SSSR count). The maximum atomic E-state index is 12.6. The number of benzene rings is 2. The Bertz CT molecular complexity index is 1020. The minimum atomic E-state index is 0.0325. The van der Waals surface area contributed by atoms with Gasteiger partial charge in [-0.15, -0.1) is 11.8 Å². The van der Waals surface area contributed by atoms with E-state index in [1.165, 1.54) is 24.2 Å². The summed E-state index contributed by atoms with van der Waals surface area (Å²) in [6, 6.07) is 14.3. The highest BCUT2D eigenvalue weighted by Crippen LogP contribution is 2.38. The fraction of sp³-hybridized carbons (Fsp3) is 0.348. The highest BCUT2D eigenvalue weighted by atomic mass is 32.2. The Balaban J connectivity index is 1.88. The van der Waals surface area contributed by atoms with Gasteiger partial charge in [0.2, 0.25) is 0 Å². The lowest BCUT2D eigenvalue weighted by Crippen LogP contribution is -2.20. The van der Waals surface area contributed by atoms with Gasteiger partial charge in [0.05, 0.1) is 6.10 Å². The standard InChI is InChI=1S/C23H25NO2S/c1-24-15-21(18-10-6-7-11-19(18)23(24)25)20-14-17(27-2)12-13-22(20)26-16-8-4-3-5-9-16/h6-7,10-16H,3-5,8-9H2,1-2H3. The molecule has 0 aliphatic heterocycles. The van der Waals surface area contributed by atoms with E-state index in [-0.39, 0.29) is 11.7 Å². The summed E-state index contributed by atoms with van der Waals surface area (Å²) in [6.07, 6.45) is 10.4. The molecule has 0 radical (unpaired) electrons. The molecule has 27 heavy (non-hydrogen) atoms. The maximum absolute atomic E-state index is 12.6. The number of pyridine rings is 1. The van der Waals surface area contributed by atoms with Gasteiger partial charge in [0.15, 0.2) is 0 Å². The average molecular weight is 380 g/mol.